The molecule has 2 heteroatoms. The lowest BCUT2D eigenvalue weighted by atomic mass is 10.1. The molecule has 2 nitrogen and oxygen atoms in total. The van der Waals surface area contributed by atoms with Gasteiger partial charge >= 0.3 is 0 Å². The van der Waals surface area contributed by atoms with Crippen molar-refractivity contribution in [2.75, 3.05) is 0 Å². The van der Waals surface area contributed by atoms with Crippen LogP contribution in [0.5, 0.6) is 0 Å². The van der Waals surface area contributed by atoms with Crippen LogP contribution in [0.4, 0.5) is 0 Å². The molecule has 0 amide bonds. The van der Waals surface area contributed by atoms with Crippen LogP contribution in [0, 0.1) is 0 Å². The summed E-state index contributed by atoms with van der Waals surface area (Å²) in [5.74, 6) is 0. The van der Waals surface area contributed by atoms with Crippen molar-refractivity contribution in [3.05, 3.63) is 36.0 Å². The Morgan fingerprint density at radius 2 is 2.06 bits per heavy atom. The van der Waals surface area contributed by atoms with Gasteiger partial charge in [0.1, 0.15) is 0 Å². The Balaban J connectivity index is 2.20. The first-order chi connectivity index (χ1) is 8.70. The average Bonchev–Trinajstić information content (AvgIpc) is 2.72. The van der Waals surface area contributed by atoms with Crippen LogP contribution >= 0.6 is 0 Å². The number of rotatable bonds is 6. The molecule has 18 heavy (non-hydrogen) atoms. The SMILES string of the molecule is CCCCCn1ccc2ccc(CC(C)N)cc21. The van der Waals surface area contributed by atoms with Gasteiger partial charge in [-0.15, -0.1) is 0 Å². The maximum Gasteiger partial charge on any atom is 0.0483 e. The molecule has 0 aliphatic carbocycles. The molecule has 2 N–H and O–H groups in total. The van der Waals surface area contributed by atoms with Crippen LogP contribution in [0.25, 0.3) is 10.9 Å². The van der Waals surface area contributed by atoms with Gasteiger partial charge in [-0.3, -0.25) is 0 Å². The summed E-state index contributed by atoms with van der Waals surface area (Å²) < 4.78 is 2.37. The summed E-state index contributed by atoms with van der Waals surface area (Å²) in [5.41, 5.74) is 8.57. The second-order valence-corrected chi connectivity index (χ2v) is 5.29. The van der Waals surface area contributed by atoms with Gasteiger partial charge in [0.25, 0.3) is 0 Å². The van der Waals surface area contributed by atoms with Crippen molar-refractivity contribution in [3.63, 3.8) is 0 Å². The molecule has 1 aromatic heterocycles. The average molecular weight is 244 g/mol. The zero-order valence-corrected chi connectivity index (χ0v) is 11.5. The summed E-state index contributed by atoms with van der Waals surface area (Å²) in [6.45, 7) is 5.43. The van der Waals surface area contributed by atoms with Crippen LogP contribution in [-0.2, 0) is 13.0 Å². The topological polar surface area (TPSA) is 30.9 Å². The quantitative estimate of drug-likeness (QED) is 0.771. The predicted octanol–water partition coefficient (Wildman–Crippen LogP) is 3.72. The van der Waals surface area contributed by atoms with Crippen LogP contribution in [0.3, 0.4) is 0 Å². The molecule has 1 unspecified atom stereocenters. The Hall–Kier alpha value is -1.28. The van der Waals surface area contributed by atoms with Gasteiger partial charge in [0.2, 0.25) is 0 Å². The fourth-order valence-corrected chi connectivity index (χ4v) is 2.46. The Kier molecular flexibility index (Phi) is 4.43. The summed E-state index contributed by atoms with van der Waals surface area (Å²) >= 11 is 0. The fourth-order valence-electron chi connectivity index (χ4n) is 2.46. The largest absolute Gasteiger partial charge is 0.347 e. The summed E-state index contributed by atoms with van der Waals surface area (Å²) in [6, 6.07) is 9.14. The molecule has 0 spiro atoms. The third-order valence-electron chi connectivity index (χ3n) is 3.40. The van der Waals surface area contributed by atoms with Crippen molar-refractivity contribution in [2.45, 2.75) is 52.1 Å². The molecule has 0 bridgehead atoms. The number of unbranched alkanes of at least 4 members (excludes halogenated alkanes) is 2. The maximum atomic E-state index is 5.87. The van der Waals surface area contributed by atoms with Crippen LogP contribution in [-0.4, -0.2) is 10.6 Å². The fraction of sp³-hybridized carbons (Fsp3) is 0.500. The molecule has 1 atom stereocenters. The zero-order valence-electron chi connectivity index (χ0n) is 11.5. The van der Waals surface area contributed by atoms with E-state index >= 15 is 0 Å². The predicted molar refractivity (Wildman–Crippen MR) is 78.8 cm³/mol. The highest BCUT2D eigenvalue weighted by Gasteiger charge is 2.04. The first kappa shape index (κ1) is 13.2. The molecule has 2 rings (SSSR count). The van der Waals surface area contributed by atoms with Gasteiger partial charge in [-0.1, -0.05) is 31.9 Å². The van der Waals surface area contributed by atoms with Gasteiger partial charge < -0.3 is 10.3 Å². The summed E-state index contributed by atoms with van der Waals surface area (Å²) in [6.07, 6.45) is 7.00. The number of hydrogen-bond acceptors (Lipinski definition) is 1. The van der Waals surface area contributed by atoms with Crippen molar-refractivity contribution in [3.8, 4) is 0 Å². The third-order valence-corrected chi connectivity index (χ3v) is 3.40. The number of aromatic nitrogens is 1. The summed E-state index contributed by atoms with van der Waals surface area (Å²) in [7, 11) is 0. The molecule has 0 saturated carbocycles. The first-order valence-corrected chi connectivity index (χ1v) is 7.04. The summed E-state index contributed by atoms with van der Waals surface area (Å²) in [5, 5.41) is 1.33. The number of nitrogens with zero attached hydrogens (tertiary/aromatic N) is 1. The van der Waals surface area contributed by atoms with Gasteiger partial charge in [-0.05, 0) is 42.8 Å². The minimum absolute atomic E-state index is 0.228. The van der Waals surface area contributed by atoms with E-state index in [1.807, 2.05) is 0 Å². The molecule has 1 heterocycles. The number of nitrogens with two attached hydrogens (primary N) is 1. The monoisotopic (exact) mass is 244 g/mol. The molecule has 98 valence electrons. The number of fused-ring (bicyclic) bond motifs is 1. The zero-order chi connectivity index (χ0) is 13.0. The lowest BCUT2D eigenvalue weighted by Crippen LogP contribution is -2.17. The van der Waals surface area contributed by atoms with Gasteiger partial charge in [0.15, 0.2) is 0 Å². The molecule has 2 aromatic rings. The Morgan fingerprint density at radius 3 is 2.78 bits per heavy atom. The third kappa shape index (κ3) is 3.14. The van der Waals surface area contributed by atoms with Gasteiger partial charge in [0.05, 0.1) is 0 Å². The van der Waals surface area contributed by atoms with Crippen molar-refractivity contribution >= 4 is 10.9 Å². The minimum atomic E-state index is 0.228. The van der Waals surface area contributed by atoms with Gasteiger partial charge in [-0.25, -0.2) is 0 Å². The number of benzene rings is 1. The minimum Gasteiger partial charge on any atom is -0.347 e. The van der Waals surface area contributed by atoms with Gasteiger partial charge in [-0.2, -0.15) is 0 Å². The van der Waals surface area contributed by atoms with Crippen molar-refractivity contribution < 1.29 is 0 Å². The Bertz CT molecular complexity index is 497. The van der Waals surface area contributed by atoms with E-state index < -0.39 is 0 Å². The summed E-state index contributed by atoms with van der Waals surface area (Å²) in [4.78, 5) is 0. The van der Waals surface area contributed by atoms with E-state index in [1.165, 1.54) is 35.7 Å². The smallest absolute Gasteiger partial charge is 0.0483 e. The Labute approximate surface area is 110 Å². The van der Waals surface area contributed by atoms with Crippen molar-refractivity contribution in [1.82, 2.24) is 4.57 Å². The maximum absolute atomic E-state index is 5.87. The lowest BCUT2D eigenvalue weighted by Gasteiger charge is -2.08. The molecule has 0 radical (unpaired) electrons. The van der Waals surface area contributed by atoms with Crippen molar-refractivity contribution in [1.29, 1.82) is 0 Å². The normalized spacial score (nSPS) is 13.1. The molecule has 0 aliphatic heterocycles. The Morgan fingerprint density at radius 1 is 1.22 bits per heavy atom. The highest BCUT2D eigenvalue weighted by atomic mass is 14.9. The van der Waals surface area contributed by atoms with E-state index in [2.05, 4.69) is 48.9 Å². The highest BCUT2D eigenvalue weighted by Crippen LogP contribution is 2.19. The second-order valence-electron chi connectivity index (χ2n) is 5.29. The van der Waals surface area contributed by atoms with Gasteiger partial charge in [0, 0.05) is 24.3 Å². The molecule has 0 saturated heterocycles. The van der Waals surface area contributed by atoms with Crippen molar-refractivity contribution in [2.24, 2.45) is 5.73 Å². The highest BCUT2D eigenvalue weighted by molar-refractivity contribution is 5.80. The van der Waals surface area contributed by atoms with E-state index in [-0.39, 0.29) is 6.04 Å². The molecular weight excluding hydrogens is 220 g/mol. The number of hydrogen-bond donors (Lipinski definition) is 1. The van der Waals surface area contributed by atoms with E-state index in [4.69, 9.17) is 5.73 Å². The number of aryl methyl sites for hydroxylation is 1. The van der Waals surface area contributed by atoms with Crippen LogP contribution < -0.4 is 5.73 Å². The second kappa shape index (κ2) is 6.05. The lowest BCUT2D eigenvalue weighted by molar-refractivity contribution is 0.616. The van der Waals surface area contributed by atoms with E-state index in [0.29, 0.717) is 0 Å². The molecule has 0 aliphatic rings. The van der Waals surface area contributed by atoms with Crippen LogP contribution in [0.15, 0.2) is 30.5 Å². The van der Waals surface area contributed by atoms with Crippen LogP contribution in [0.1, 0.15) is 38.7 Å². The molecule has 0 fully saturated rings. The van der Waals surface area contributed by atoms with E-state index in [1.54, 1.807) is 0 Å². The molecular formula is C16H24N2. The standard InChI is InChI=1S/C16H24N2/c1-3-4-5-9-18-10-8-15-7-6-14(11-13(2)17)12-16(15)18/h6-8,10,12-13H,3-5,9,11,17H2,1-2H3. The van der Waals surface area contributed by atoms with E-state index in [0.717, 1.165) is 13.0 Å². The van der Waals surface area contributed by atoms with Crippen LogP contribution in [0.2, 0.25) is 0 Å². The molecule has 1 aromatic carbocycles. The van der Waals surface area contributed by atoms with E-state index in [9.17, 15) is 0 Å². The first-order valence-electron chi connectivity index (χ1n) is 7.04.